The van der Waals surface area contributed by atoms with Crippen molar-refractivity contribution in [2.24, 2.45) is 0 Å². The Morgan fingerprint density at radius 3 is 2.94 bits per heavy atom. The highest BCUT2D eigenvalue weighted by Gasteiger charge is 2.24. The number of pyridine rings is 1. The van der Waals surface area contributed by atoms with Gasteiger partial charge in [0.25, 0.3) is 0 Å². The topological polar surface area (TPSA) is 56.6 Å². The normalized spacial score (nSPS) is 22.4. The van der Waals surface area contributed by atoms with Crippen LogP contribution in [0.4, 0.5) is 5.69 Å². The maximum Gasteiger partial charge on any atom is 0.0931 e. The smallest absolute Gasteiger partial charge is 0.0931 e. The molecule has 0 bridgehead atoms. The minimum atomic E-state index is -0.527. The monoisotopic (exact) mass is 222 g/mol. The van der Waals surface area contributed by atoms with E-state index in [0.717, 1.165) is 25.1 Å². The van der Waals surface area contributed by atoms with Crippen LogP contribution < -0.4 is 4.90 Å². The molecule has 2 rings (SSSR count). The van der Waals surface area contributed by atoms with E-state index < -0.39 is 6.10 Å². The SMILES string of the molecule is C[C@H](O)c1ccc(N2CCCC2CO)cn1. The van der Waals surface area contributed by atoms with Crippen LogP contribution in [0, 0.1) is 0 Å². The molecular formula is C12H18N2O2. The summed E-state index contributed by atoms with van der Waals surface area (Å²) in [5, 5.41) is 18.6. The van der Waals surface area contributed by atoms with Crippen LogP contribution in [0.1, 0.15) is 31.6 Å². The summed E-state index contributed by atoms with van der Waals surface area (Å²) in [5.41, 5.74) is 1.71. The molecule has 0 saturated carbocycles. The van der Waals surface area contributed by atoms with Gasteiger partial charge < -0.3 is 15.1 Å². The summed E-state index contributed by atoms with van der Waals surface area (Å²) in [6.07, 6.45) is 3.40. The van der Waals surface area contributed by atoms with E-state index >= 15 is 0 Å². The molecule has 1 unspecified atom stereocenters. The average Bonchev–Trinajstić information content (AvgIpc) is 2.77. The van der Waals surface area contributed by atoms with E-state index in [9.17, 15) is 10.2 Å². The Balaban J connectivity index is 2.15. The van der Waals surface area contributed by atoms with Gasteiger partial charge in [0.1, 0.15) is 0 Å². The average molecular weight is 222 g/mol. The predicted octanol–water partition coefficient (Wildman–Crippen LogP) is 1.10. The second-order valence-corrected chi connectivity index (χ2v) is 4.29. The second kappa shape index (κ2) is 4.80. The molecule has 2 N–H and O–H groups in total. The van der Waals surface area contributed by atoms with E-state index in [4.69, 9.17) is 0 Å². The molecule has 0 aliphatic carbocycles. The molecule has 1 aromatic rings. The predicted molar refractivity (Wildman–Crippen MR) is 62.3 cm³/mol. The molecule has 16 heavy (non-hydrogen) atoms. The lowest BCUT2D eigenvalue weighted by Crippen LogP contribution is -2.32. The van der Waals surface area contributed by atoms with E-state index in [1.54, 1.807) is 13.1 Å². The van der Waals surface area contributed by atoms with Gasteiger partial charge in [0.05, 0.1) is 36.3 Å². The number of hydrogen-bond acceptors (Lipinski definition) is 4. The lowest BCUT2D eigenvalue weighted by atomic mass is 10.2. The van der Waals surface area contributed by atoms with Gasteiger partial charge in [0.2, 0.25) is 0 Å². The fourth-order valence-electron chi connectivity index (χ4n) is 2.18. The molecule has 4 nitrogen and oxygen atoms in total. The first-order valence-electron chi connectivity index (χ1n) is 5.74. The third-order valence-electron chi connectivity index (χ3n) is 3.12. The van der Waals surface area contributed by atoms with E-state index in [2.05, 4.69) is 9.88 Å². The van der Waals surface area contributed by atoms with Crippen LogP contribution in [-0.4, -0.2) is 34.4 Å². The molecule has 1 aliphatic heterocycles. The molecule has 0 aromatic carbocycles. The first-order valence-corrected chi connectivity index (χ1v) is 5.74. The summed E-state index contributed by atoms with van der Waals surface area (Å²) in [7, 11) is 0. The molecule has 1 fully saturated rings. The molecular weight excluding hydrogens is 204 g/mol. The Morgan fingerprint density at radius 2 is 2.38 bits per heavy atom. The highest BCUT2D eigenvalue weighted by molar-refractivity contribution is 5.46. The molecule has 1 aliphatic rings. The first-order chi connectivity index (χ1) is 7.72. The van der Waals surface area contributed by atoms with Crippen LogP contribution in [0.25, 0.3) is 0 Å². The van der Waals surface area contributed by atoms with Crippen LogP contribution in [0.15, 0.2) is 18.3 Å². The molecule has 2 atom stereocenters. The van der Waals surface area contributed by atoms with Gasteiger partial charge in [-0.1, -0.05) is 0 Å². The molecule has 88 valence electrons. The number of anilines is 1. The van der Waals surface area contributed by atoms with Gasteiger partial charge in [0, 0.05) is 6.54 Å². The van der Waals surface area contributed by atoms with Gasteiger partial charge in [-0.2, -0.15) is 0 Å². The van der Waals surface area contributed by atoms with E-state index in [1.165, 1.54) is 0 Å². The van der Waals surface area contributed by atoms with Gasteiger partial charge in [-0.25, -0.2) is 0 Å². The van der Waals surface area contributed by atoms with Crippen molar-refractivity contribution in [3.63, 3.8) is 0 Å². The Kier molecular flexibility index (Phi) is 3.41. The Labute approximate surface area is 95.5 Å². The van der Waals surface area contributed by atoms with Crippen LogP contribution in [0.5, 0.6) is 0 Å². The lowest BCUT2D eigenvalue weighted by molar-refractivity contribution is 0.194. The number of aliphatic hydroxyl groups excluding tert-OH is 2. The standard InChI is InChI=1S/C12H18N2O2/c1-9(16)12-5-4-10(7-13-12)14-6-2-3-11(14)8-15/h4-5,7,9,11,15-16H,2-3,6,8H2,1H3/t9-,11?/m0/s1. The molecule has 1 saturated heterocycles. The molecule has 0 amide bonds. The molecule has 0 spiro atoms. The van der Waals surface area contributed by atoms with Crippen molar-refractivity contribution in [2.75, 3.05) is 18.1 Å². The van der Waals surface area contributed by atoms with Crippen molar-refractivity contribution < 1.29 is 10.2 Å². The fourth-order valence-corrected chi connectivity index (χ4v) is 2.18. The number of aliphatic hydroxyl groups is 2. The van der Waals surface area contributed by atoms with Gasteiger partial charge in [0.15, 0.2) is 0 Å². The van der Waals surface area contributed by atoms with Crippen molar-refractivity contribution in [1.82, 2.24) is 4.98 Å². The third kappa shape index (κ3) is 2.18. The Morgan fingerprint density at radius 1 is 1.56 bits per heavy atom. The summed E-state index contributed by atoms with van der Waals surface area (Å²) in [6.45, 7) is 2.87. The first kappa shape index (κ1) is 11.4. The summed E-state index contributed by atoms with van der Waals surface area (Å²) in [5.74, 6) is 0. The zero-order chi connectivity index (χ0) is 11.5. The molecule has 0 radical (unpaired) electrons. The summed E-state index contributed by atoms with van der Waals surface area (Å²) < 4.78 is 0. The van der Waals surface area contributed by atoms with Crippen LogP contribution >= 0.6 is 0 Å². The summed E-state index contributed by atoms with van der Waals surface area (Å²) >= 11 is 0. The minimum absolute atomic E-state index is 0.193. The summed E-state index contributed by atoms with van der Waals surface area (Å²) in [6, 6.07) is 4.02. The molecule has 2 heterocycles. The zero-order valence-corrected chi connectivity index (χ0v) is 9.50. The zero-order valence-electron chi connectivity index (χ0n) is 9.50. The van der Waals surface area contributed by atoms with Gasteiger partial charge in [-0.15, -0.1) is 0 Å². The van der Waals surface area contributed by atoms with E-state index in [1.807, 2.05) is 12.1 Å². The Hall–Kier alpha value is -1.13. The van der Waals surface area contributed by atoms with Crippen molar-refractivity contribution in [1.29, 1.82) is 0 Å². The maximum absolute atomic E-state index is 9.36. The Bertz CT molecular complexity index is 337. The number of nitrogens with zero attached hydrogens (tertiary/aromatic N) is 2. The number of rotatable bonds is 3. The second-order valence-electron chi connectivity index (χ2n) is 4.29. The van der Waals surface area contributed by atoms with E-state index in [0.29, 0.717) is 5.69 Å². The van der Waals surface area contributed by atoms with Gasteiger partial charge >= 0.3 is 0 Å². The van der Waals surface area contributed by atoms with Gasteiger partial charge in [-0.3, -0.25) is 4.98 Å². The van der Waals surface area contributed by atoms with Crippen molar-refractivity contribution in [3.05, 3.63) is 24.0 Å². The largest absolute Gasteiger partial charge is 0.394 e. The van der Waals surface area contributed by atoms with Crippen molar-refractivity contribution >= 4 is 5.69 Å². The van der Waals surface area contributed by atoms with Crippen molar-refractivity contribution in [2.45, 2.75) is 31.9 Å². The number of aromatic nitrogens is 1. The van der Waals surface area contributed by atoms with Crippen LogP contribution in [-0.2, 0) is 0 Å². The van der Waals surface area contributed by atoms with Crippen LogP contribution in [0.3, 0.4) is 0 Å². The summed E-state index contributed by atoms with van der Waals surface area (Å²) in [4.78, 5) is 6.40. The van der Waals surface area contributed by atoms with Crippen LogP contribution in [0.2, 0.25) is 0 Å². The lowest BCUT2D eigenvalue weighted by Gasteiger charge is -2.25. The molecule has 1 aromatic heterocycles. The van der Waals surface area contributed by atoms with Crippen molar-refractivity contribution in [3.8, 4) is 0 Å². The van der Waals surface area contributed by atoms with Gasteiger partial charge in [-0.05, 0) is 31.9 Å². The third-order valence-corrected chi connectivity index (χ3v) is 3.12. The highest BCUT2D eigenvalue weighted by atomic mass is 16.3. The molecule has 4 heteroatoms. The van der Waals surface area contributed by atoms with E-state index in [-0.39, 0.29) is 12.6 Å². The quantitative estimate of drug-likeness (QED) is 0.804. The minimum Gasteiger partial charge on any atom is -0.394 e. The maximum atomic E-state index is 9.36. The number of hydrogen-bond donors (Lipinski definition) is 2. The highest BCUT2D eigenvalue weighted by Crippen LogP contribution is 2.25. The fraction of sp³-hybridized carbons (Fsp3) is 0.583.